The Hall–Kier alpha value is -1.63. The molecule has 1 unspecified atom stereocenters. The van der Waals surface area contributed by atoms with E-state index in [1.54, 1.807) is 11.8 Å². The van der Waals surface area contributed by atoms with Crippen molar-refractivity contribution in [2.24, 2.45) is 0 Å². The molecular formula is C17H26N2O4S. The van der Waals surface area contributed by atoms with E-state index in [1.165, 1.54) is 22.0 Å². The van der Waals surface area contributed by atoms with Gasteiger partial charge in [0.15, 0.2) is 0 Å². The van der Waals surface area contributed by atoms with Crippen molar-refractivity contribution < 1.29 is 19.2 Å². The zero-order valence-corrected chi connectivity index (χ0v) is 15.9. The Bertz CT molecular complexity index is 537. The normalized spacial score (nSPS) is 20.8. The van der Waals surface area contributed by atoms with Gasteiger partial charge in [-0.25, -0.2) is 0 Å². The molecule has 0 aromatic heterocycles. The fourth-order valence-corrected chi connectivity index (χ4v) is 3.65. The van der Waals surface area contributed by atoms with E-state index in [1.807, 2.05) is 41.5 Å². The molecule has 2 rings (SSSR count). The van der Waals surface area contributed by atoms with E-state index in [0.717, 1.165) is 0 Å². The molecular weight excluding hydrogens is 328 g/mol. The van der Waals surface area contributed by atoms with E-state index in [2.05, 4.69) is 0 Å². The molecule has 4 amide bonds. The number of carbonyl (C=O) groups is 4. The van der Waals surface area contributed by atoms with Crippen molar-refractivity contribution in [2.75, 3.05) is 0 Å². The van der Waals surface area contributed by atoms with E-state index in [9.17, 15) is 19.2 Å². The second kappa shape index (κ2) is 8.46. The predicted molar refractivity (Wildman–Crippen MR) is 94.3 cm³/mol. The van der Waals surface area contributed by atoms with E-state index in [4.69, 9.17) is 0 Å². The van der Waals surface area contributed by atoms with Crippen LogP contribution in [0.3, 0.4) is 0 Å². The fraction of sp³-hybridized carbons (Fsp3) is 0.647. The molecule has 0 saturated carbocycles. The minimum Gasteiger partial charge on any atom is -0.279 e. The highest BCUT2D eigenvalue weighted by molar-refractivity contribution is 8.01. The summed E-state index contributed by atoms with van der Waals surface area (Å²) in [6.45, 7) is 11.4. The lowest BCUT2D eigenvalue weighted by molar-refractivity contribution is -0.141. The molecule has 1 fully saturated rings. The summed E-state index contributed by atoms with van der Waals surface area (Å²) in [7, 11) is 0. The van der Waals surface area contributed by atoms with Gasteiger partial charge in [-0.1, -0.05) is 13.8 Å². The Balaban J connectivity index is 0.000000254. The van der Waals surface area contributed by atoms with Gasteiger partial charge in [-0.3, -0.25) is 29.0 Å². The van der Waals surface area contributed by atoms with Crippen LogP contribution in [-0.2, 0) is 19.2 Å². The summed E-state index contributed by atoms with van der Waals surface area (Å²) < 4.78 is 0. The molecule has 0 N–H and O–H groups in total. The lowest BCUT2D eigenvalue weighted by Crippen LogP contribution is -2.37. The molecule has 134 valence electrons. The van der Waals surface area contributed by atoms with Gasteiger partial charge in [-0.15, -0.1) is 11.8 Å². The number of hydrogen-bond donors (Lipinski definition) is 0. The summed E-state index contributed by atoms with van der Waals surface area (Å²) >= 11 is 1.58. The van der Waals surface area contributed by atoms with Crippen molar-refractivity contribution in [3.63, 3.8) is 0 Å². The highest BCUT2D eigenvalue weighted by atomic mass is 32.2. The van der Waals surface area contributed by atoms with E-state index < -0.39 is 0 Å². The van der Waals surface area contributed by atoms with Gasteiger partial charge in [-0.2, -0.15) is 0 Å². The van der Waals surface area contributed by atoms with Crippen LogP contribution >= 0.6 is 11.8 Å². The molecule has 24 heavy (non-hydrogen) atoms. The quantitative estimate of drug-likeness (QED) is 0.722. The van der Waals surface area contributed by atoms with Crippen LogP contribution in [0.5, 0.6) is 0 Å². The number of imide groups is 2. The van der Waals surface area contributed by atoms with Crippen LogP contribution in [0.1, 0.15) is 48.0 Å². The highest BCUT2D eigenvalue weighted by Gasteiger charge is 2.40. The summed E-state index contributed by atoms with van der Waals surface area (Å²) in [5.74, 6) is -0.452. The average molecular weight is 354 g/mol. The lowest BCUT2D eigenvalue weighted by atomic mass is 10.3. The van der Waals surface area contributed by atoms with Gasteiger partial charge in [-0.05, 0) is 32.9 Å². The van der Waals surface area contributed by atoms with Crippen LogP contribution in [0.15, 0.2) is 12.2 Å². The van der Waals surface area contributed by atoms with Crippen LogP contribution in [-0.4, -0.2) is 56.0 Å². The van der Waals surface area contributed by atoms with Crippen molar-refractivity contribution >= 4 is 35.4 Å². The van der Waals surface area contributed by atoms with E-state index >= 15 is 0 Å². The van der Waals surface area contributed by atoms with Crippen LogP contribution in [0.2, 0.25) is 0 Å². The summed E-state index contributed by atoms with van der Waals surface area (Å²) in [6, 6.07) is -0.0391. The third kappa shape index (κ3) is 4.93. The number of nitrogens with zero attached hydrogens (tertiary/aromatic N) is 2. The highest BCUT2D eigenvalue weighted by Crippen LogP contribution is 2.29. The molecule has 2 heterocycles. The maximum atomic E-state index is 11.8. The van der Waals surface area contributed by atoms with Crippen molar-refractivity contribution in [2.45, 2.75) is 70.5 Å². The second-order valence-electron chi connectivity index (χ2n) is 6.55. The Kier molecular flexibility index (Phi) is 7.20. The molecule has 2 aliphatic heterocycles. The molecule has 0 spiro atoms. The Morgan fingerprint density at radius 1 is 0.875 bits per heavy atom. The Labute approximate surface area is 147 Å². The third-order valence-corrected chi connectivity index (χ3v) is 4.70. The molecule has 0 radical (unpaired) electrons. The van der Waals surface area contributed by atoms with Crippen LogP contribution in [0.25, 0.3) is 0 Å². The second-order valence-corrected chi connectivity index (χ2v) is 8.33. The summed E-state index contributed by atoms with van der Waals surface area (Å²) in [4.78, 5) is 47.6. The first-order valence-electron chi connectivity index (χ1n) is 8.12. The molecule has 1 atom stereocenters. The van der Waals surface area contributed by atoms with Gasteiger partial charge in [0, 0.05) is 30.7 Å². The van der Waals surface area contributed by atoms with Crippen molar-refractivity contribution in [1.29, 1.82) is 0 Å². The summed E-state index contributed by atoms with van der Waals surface area (Å²) in [5.41, 5.74) is 0. The molecule has 1 saturated heterocycles. The maximum Gasteiger partial charge on any atom is 0.253 e. The van der Waals surface area contributed by atoms with Gasteiger partial charge in [0.2, 0.25) is 11.8 Å². The molecule has 0 aromatic carbocycles. The van der Waals surface area contributed by atoms with Crippen LogP contribution < -0.4 is 0 Å². The standard InChI is InChI=1S/C10H17NO2S.C7H9NO2/c1-6(2)11-9(12)5-8(10(11)13)14-7(3)4;1-5(2)8-6(9)3-4-7(8)10/h6-8H,5H2,1-4H3;3-5H,1-2H3. The number of carbonyl (C=O) groups excluding carboxylic acids is 4. The lowest BCUT2D eigenvalue weighted by Gasteiger charge is -2.19. The SMILES string of the molecule is CC(C)N1C(=O)C=CC1=O.CC(C)SC1CC(=O)N(C(C)C)C1=O. The van der Waals surface area contributed by atoms with E-state index in [-0.39, 0.29) is 41.0 Å². The van der Waals surface area contributed by atoms with Gasteiger partial charge >= 0.3 is 0 Å². The van der Waals surface area contributed by atoms with Crippen LogP contribution in [0.4, 0.5) is 0 Å². The topological polar surface area (TPSA) is 74.8 Å². The van der Waals surface area contributed by atoms with Crippen molar-refractivity contribution in [3.8, 4) is 0 Å². The first kappa shape index (κ1) is 20.4. The third-order valence-electron chi connectivity index (χ3n) is 3.45. The first-order chi connectivity index (χ1) is 11.1. The Morgan fingerprint density at radius 2 is 1.33 bits per heavy atom. The van der Waals surface area contributed by atoms with Crippen molar-refractivity contribution in [1.82, 2.24) is 9.80 Å². The smallest absolute Gasteiger partial charge is 0.253 e. The molecule has 0 aliphatic carbocycles. The number of amides is 4. The minimum absolute atomic E-state index is 0.00670. The fourth-order valence-electron chi connectivity index (χ4n) is 2.52. The molecule has 7 heteroatoms. The summed E-state index contributed by atoms with van der Waals surface area (Å²) in [6.07, 6.45) is 2.96. The molecule has 6 nitrogen and oxygen atoms in total. The number of likely N-dealkylation sites (tertiary alicyclic amines) is 1. The Morgan fingerprint density at radius 3 is 1.62 bits per heavy atom. The van der Waals surface area contributed by atoms with Gasteiger partial charge in [0.05, 0.1) is 5.25 Å². The summed E-state index contributed by atoms with van der Waals surface area (Å²) in [5, 5.41) is 0.244. The van der Waals surface area contributed by atoms with Gasteiger partial charge < -0.3 is 0 Å². The number of rotatable bonds is 4. The number of thioether (sulfide) groups is 1. The monoisotopic (exact) mass is 354 g/mol. The maximum absolute atomic E-state index is 11.8. The van der Waals surface area contributed by atoms with E-state index in [0.29, 0.717) is 11.7 Å². The zero-order chi connectivity index (χ0) is 18.6. The largest absolute Gasteiger partial charge is 0.279 e. The first-order valence-corrected chi connectivity index (χ1v) is 9.07. The minimum atomic E-state index is -0.208. The molecule has 2 aliphatic rings. The molecule has 0 aromatic rings. The molecule has 0 bridgehead atoms. The predicted octanol–water partition coefficient (Wildman–Crippen LogP) is 1.98. The van der Waals surface area contributed by atoms with Gasteiger partial charge in [0.25, 0.3) is 11.8 Å². The van der Waals surface area contributed by atoms with Crippen LogP contribution in [0, 0.1) is 0 Å². The zero-order valence-electron chi connectivity index (χ0n) is 15.1. The van der Waals surface area contributed by atoms with Crippen molar-refractivity contribution in [3.05, 3.63) is 12.2 Å². The van der Waals surface area contributed by atoms with Gasteiger partial charge in [0.1, 0.15) is 0 Å². The average Bonchev–Trinajstić information content (AvgIpc) is 2.90. The number of hydrogen-bond acceptors (Lipinski definition) is 5.